The summed E-state index contributed by atoms with van der Waals surface area (Å²) in [5.41, 5.74) is 0. The van der Waals surface area contributed by atoms with Crippen molar-refractivity contribution in [2.24, 2.45) is 0 Å². The first-order chi connectivity index (χ1) is 11.3. The van der Waals surface area contributed by atoms with Gasteiger partial charge in [-0.15, -0.1) is 11.3 Å². The van der Waals surface area contributed by atoms with Crippen LogP contribution in [0.15, 0.2) is 39.5 Å². The van der Waals surface area contributed by atoms with Crippen LogP contribution in [0, 0.1) is 6.92 Å². The van der Waals surface area contributed by atoms with E-state index in [2.05, 4.69) is 34.1 Å². The monoisotopic (exact) mass is 329 g/mol. The van der Waals surface area contributed by atoms with Gasteiger partial charge in [-0.05, 0) is 44.0 Å². The molecule has 5 nitrogen and oxygen atoms in total. The Kier molecular flexibility index (Phi) is 4.01. The molecule has 0 saturated heterocycles. The molecule has 0 radical (unpaired) electrons. The molecule has 6 heteroatoms. The Labute approximate surface area is 138 Å². The van der Waals surface area contributed by atoms with Gasteiger partial charge in [0.25, 0.3) is 0 Å². The van der Waals surface area contributed by atoms with Crippen molar-refractivity contribution in [1.29, 1.82) is 0 Å². The Hall–Kier alpha value is -1.92. The minimum Gasteiger partial charge on any atom is -0.468 e. The number of thiophene rings is 1. The summed E-state index contributed by atoms with van der Waals surface area (Å²) < 4.78 is 10.9. The van der Waals surface area contributed by atoms with Gasteiger partial charge < -0.3 is 8.94 Å². The maximum absolute atomic E-state index is 5.49. The summed E-state index contributed by atoms with van der Waals surface area (Å²) in [6.07, 6.45) is 4.08. The number of nitrogens with zero attached hydrogens (tertiary/aromatic N) is 3. The minimum absolute atomic E-state index is 0.519. The van der Waals surface area contributed by atoms with Crippen LogP contribution in [0.1, 0.15) is 46.0 Å². The summed E-state index contributed by atoms with van der Waals surface area (Å²) in [5, 5.41) is 4.11. The van der Waals surface area contributed by atoms with E-state index < -0.39 is 0 Å². The fourth-order valence-corrected chi connectivity index (χ4v) is 3.54. The van der Waals surface area contributed by atoms with E-state index >= 15 is 0 Å². The Bertz CT molecular complexity index is 759. The predicted octanol–water partition coefficient (Wildman–Crippen LogP) is 4.11. The van der Waals surface area contributed by atoms with E-state index in [9.17, 15) is 0 Å². The zero-order valence-electron chi connectivity index (χ0n) is 13.1. The molecule has 0 unspecified atom stereocenters. The van der Waals surface area contributed by atoms with Crippen molar-refractivity contribution < 1.29 is 8.94 Å². The van der Waals surface area contributed by atoms with E-state index in [0.717, 1.165) is 24.7 Å². The average molecular weight is 329 g/mol. The number of rotatable bonds is 7. The van der Waals surface area contributed by atoms with Crippen molar-refractivity contribution in [3.63, 3.8) is 0 Å². The molecule has 3 heterocycles. The fraction of sp³-hybridized carbons (Fsp3) is 0.412. The molecule has 1 aliphatic rings. The van der Waals surface area contributed by atoms with Crippen molar-refractivity contribution in [3.05, 3.63) is 57.8 Å². The molecule has 0 N–H and O–H groups in total. The molecule has 1 saturated carbocycles. The van der Waals surface area contributed by atoms with Gasteiger partial charge in [0.2, 0.25) is 5.89 Å². The van der Waals surface area contributed by atoms with Crippen LogP contribution in [0.2, 0.25) is 0 Å². The first-order valence-electron chi connectivity index (χ1n) is 7.89. The lowest BCUT2D eigenvalue weighted by Crippen LogP contribution is -2.22. The van der Waals surface area contributed by atoms with Gasteiger partial charge in [0.15, 0.2) is 5.82 Å². The number of hydrogen-bond donors (Lipinski definition) is 0. The average Bonchev–Trinajstić information content (AvgIpc) is 2.90. The van der Waals surface area contributed by atoms with Crippen molar-refractivity contribution in [2.45, 2.75) is 45.3 Å². The van der Waals surface area contributed by atoms with Crippen LogP contribution in [0.5, 0.6) is 0 Å². The molecule has 4 rings (SSSR count). The molecule has 0 aliphatic heterocycles. The van der Waals surface area contributed by atoms with E-state index in [1.54, 1.807) is 6.26 Å². The standard InChI is InChI=1S/C17H19N3O2S/c1-12-4-7-15(23-12)10-20(9-14-3-2-8-21-14)11-16-18-17(19-22-16)13-5-6-13/h2-4,7-8,13H,5-6,9-11H2,1H3. The third-order valence-electron chi connectivity index (χ3n) is 3.92. The lowest BCUT2D eigenvalue weighted by Gasteiger charge is -2.18. The van der Waals surface area contributed by atoms with Crippen molar-refractivity contribution in [3.8, 4) is 0 Å². The van der Waals surface area contributed by atoms with Gasteiger partial charge in [-0.25, -0.2) is 0 Å². The Morgan fingerprint density at radius 1 is 1.22 bits per heavy atom. The number of furan rings is 1. The molecular weight excluding hydrogens is 310 g/mol. The second-order valence-corrected chi connectivity index (χ2v) is 7.43. The van der Waals surface area contributed by atoms with Crippen LogP contribution in [-0.2, 0) is 19.6 Å². The van der Waals surface area contributed by atoms with Gasteiger partial charge in [-0.2, -0.15) is 4.98 Å². The van der Waals surface area contributed by atoms with Crippen LogP contribution in [0.3, 0.4) is 0 Å². The Balaban J connectivity index is 1.48. The highest BCUT2D eigenvalue weighted by Crippen LogP contribution is 2.38. The molecule has 23 heavy (non-hydrogen) atoms. The molecule has 0 atom stereocenters. The number of aromatic nitrogens is 2. The zero-order valence-corrected chi connectivity index (χ0v) is 13.9. The summed E-state index contributed by atoms with van der Waals surface area (Å²) in [6, 6.07) is 8.25. The molecule has 120 valence electrons. The van der Waals surface area contributed by atoms with Crippen molar-refractivity contribution in [2.75, 3.05) is 0 Å². The third kappa shape index (κ3) is 3.71. The molecule has 3 aromatic heterocycles. The summed E-state index contributed by atoms with van der Waals surface area (Å²) in [7, 11) is 0. The van der Waals surface area contributed by atoms with Crippen molar-refractivity contribution >= 4 is 11.3 Å². The van der Waals surface area contributed by atoms with E-state index in [1.807, 2.05) is 23.5 Å². The van der Waals surface area contributed by atoms with Gasteiger partial charge >= 0.3 is 0 Å². The van der Waals surface area contributed by atoms with Gasteiger partial charge in [0.1, 0.15) is 5.76 Å². The maximum Gasteiger partial charge on any atom is 0.240 e. The highest BCUT2D eigenvalue weighted by atomic mass is 32.1. The van der Waals surface area contributed by atoms with Crippen LogP contribution < -0.4 is 0 Å². The normalized spacial score (nSPS) is 14.7. The molecule has 1 fully saturated rings. The lowest BCUT2D eigenvalue weighted by atomic mass is 10.3. The first kappa shape index (κ1) is 14.7. The molecule has 1 aliphatic carbocycles. The summed E-state index contributed by atoms with van der Waals surface area (Å²) in [6.45, 7) is 4.34. The van der Waals surface area contributed by atoms with Crippen molar-refractivity contribution in [1.82, 2.24) is 15.0 Å². The van der Waals surface area contributed by atoms with E-state index in [1.165, 1.54) is 22.6 Å². The van der Waals surface area contributed by atoms with Crippen LogP contribution in [0.4, 0.5) is 0 Å². The lowest BCUT2D eigenvalue weighted by molar-refractivity contribution is 0.198. The summed E-state index contributed by atoms with van der Waals surface area (Å²) >= 11 is 1.82. The largest absolute Gasteiger partial charge is 0.468 e. The predicted molar refractivity (Wildman–Crippen MR) is 87.0 cm³/mol. The summed E-state index contributed by atoms with van der Waals surface area (Å²) in [4.78, 5) is 9.47. The van der Waals surface area contributed by atoms with E-state index in [-0.39, 0.29) is 0 Å². The zero-order chi connectivity index (χ0) is 15.6. The van der Waals surface area contributed by atoms with Gasteiger partial charge in [-0.1, -0.05) is 5.16 Å². The Morgan fingerprint density at radius 3 is 2.83 bits per heavy atom. The Morgan fingerprint density at radius 2 is 2.13 bits per heavy atom. The summed E-state index contributed by atoms with van der Waals surface area (Å²) in [5.74, 6) is 3.02. The highest BCUT2D eigenvalue weighted by molar-refractivity contribution is 7.11. The number of hydrogen-bond acceptors (Lipinski definition) is 6. The molecule has 0 aromatic carbocycles. The van der Waals surface area contributed by atoms with Crippen LogP contribution in [-0.4, -0.2) is 15.0 Å². The smallest absolute Gasteiger partial charge is 0.240 e. The fourth-order valence-electron chi connectivity index (χ4n) is 2.61. The van der Waals surface area contributed by atoms with Crippen LogP contribution >= 0.6 is 11.3 Å². The SMILES string of the molecule is Cc1ccc(CN(Cc2ccco2)Cc2nc(C3CC3)no2)s1. The quantitative estimate of drug-likeness (QED) is 0.653. The topological polar surface area (TPSA) is 55.3 Å². The van der Waals surface area contributed by atoms with E-state index in [4.69, 9.17) is 8.94 Å². The molecule has 0 spiro atoms. The third-order valence-corrected chi connectivity index (χ3v) is 4.91. The maximum atomic E-state index is 5.49. The highest BCUT2D eigenvalue weighted by Gasteiger charge is 2.29. The molecular formula is C17H19N3O2S. The minimum atomic E-state index is 0.519. The van der Waals surface area contributed by atoms with E-state index in [0.29, 0.717) is 18.4 Å². The second kappa shape index (κ2) is 6.29. The molecule has 0 amide bonds. The van der Waals surface area contributed by atoms with Crippen LogP contribution in [0.25, 0.3) is 0 Å². The van der Waals surface area contributed by atoms with Gasteiger partial charge in [0, 0.05) is 22.2 Å². The van der Waals surface area contributed by atoms with Gasteiger partial charge in [0.05, 0.1) is 19.4 Å². The second-order valence-electron chi connectivity index (χ2n) is 6.06. The number of aryl methyl sites for hydroxylation is 1. The first-order valence-corrected chi connectivity index (χ1v) is 8.70. The van der Waals surface area contributed by atoms with Gasteiger partial charge in [-0.3, -0.25) is 4.90 Å². The molecule has 0 bridgehead atoms. The molecule has 3 aromatic rings.